The molecule has 0 fully saturated rings. The Morgan fingerprint density at radius 1 is 1.04 bits per heavy atom. The van der Waals surface area contributed by atoms with Gasteiger partial charge in [-0.2, -0.15) is 0 Å². The number of nitrogens with one attached hydrogen (secondary N) is 2. The van der Waals surface area contributed by atoms with E-state index in [2.05, 4.69) is 10.6 Å². The normalized spacial score (nSPS) is 11.7. The van der Waals surface area contributed by atoms with E-state index in [1.54, 1.807) is 20.8 Å². The van der Waals surface area contributed by atoms with Crippen LogP contribution < -0.4 is 10.6 Å². The van der Waals surface area contributed by atoms with Crippen molar-refractivity contribution in [3.8, 4) is 0 Å². The minimum Gasteiger partial charge on any atom is -0.444 e. The van der Waals surface area contributed by atoms with E-state index in [9.17, 15) is 18.0 Å². The molecule has 0 bridgehead atoms. The second-order valence-electron chi connectivity index (χ2n) is 5.98. The van der Waals surface area contributed by atoms with Crippen LogP contribution in [0.2, 0.25) is 0 Å². The second-order valence-corrected chi connectivity index (χ2v) is 8.00. The average Bonchev–Trinajstić information content (AvgIpc) is 2.40. The predicted molar refractivity (Wildman–Crippen MR) is 86.1 cm³/mol. The van der Waals surface area contributed by atoms with Crippen molar-refractivity contribution in [2.75, 3.05) is 19.3 Å². The zero-order valence-corrected chi connectivity index (χ0v) is 14.5. The lowest BCUT2D eigenvalue weighted by Crippen LogP contribution is -2.37. The number of benzene rings is 1. The van der Waals surface area contributed by atoms with E-state index >= 15 is 0 Å². The summed E-state index contributed by atoms with van der Waals surface area (Å²) in [6, 6.07) is 5.63. The summed E-state index contributed by atoms with van der Waals surface area (Å²) in [5, 5.41) is 5.14. The fraction of sp³-hybridized carbons (Fsp3) is 0.467. The summed E-state index contributed by atoms with van der Waals surface area (Å²) in [4.78, 5) is 23.4. The quantitative estimate of drug-likeness (QED) is 0.787. The number of rotatable bonds is 5. The summed E-state index contributed by atoms with van der Waals surface area (Å²) >= 11 is 0. The maximum Gasteiger partial charge on any atom is 0.407 e. The number of carbonyl (C=O) groups excluding carboxylic acids is 2. The third kappa shape index (κ3) is 7.14. The third-order valence-corrected chi connectivity index (χ3v) is 3.75. The van der Waals surface area contributed by atoms with Crippen LogP contribution in [0.25, 0.3) is 0 Å². The molecule has 1 rings (SSSR count). The van der Waals surface area contributed by atoms with Crippen molar-refractivity contribution >= 4 is 21.8 Å². The van der Waals surface area contributed by atoms with Crippen LogP contribution in [-0.2, 0) is 14.6 Å². The van der Waals surface area contributed by atoms with E-state index in [4.69, 9.17) is 4.74 Å². The molecule has 1 aromatic carbocycles. The summed E-state index contributed by atoms with van der Waals surface area (Å²) in [5.74, 6) is -0.351. The first-order chi connectivity index (χ1) is 10.5. The molecule has 8 heteroatoms. The Bertz CT molecular complexity index is 660. The van der Waals surface area contributed by atoms with Gasteiger partial charge in [0.25, 0.3) is 5.91 Å². The lowest BCUT2D eigenvalue weighted by Gasteiger charge is -2.19. The van der Waals surface area contributed by atoms with Gasteiger partial charge in [0.05, 0.1) is 4.90 Å². The summed E-state index contributed by atoms with van der Waals surface area (Å²) in [6.07, 6.45) is 0.550. The fourth-order valence-corrected chi connectivity index (χ4v) is 2.24. The number of alkyl carbamates (subject to hydrolysis) is 1. The molecule has 0 aliphatic heterocycles. The summed E-state index contributed by atoms with van der Waals surface area (Å²) < 4.78 is 27.7. The summed E-state index contributed by atoms with van der Waals surface area (Å²) in [5.41, 5.74) is -0.232. The molecule has 0 radical (unpaired) electrons. The van der Waals surface area contributed by atoms with Gasteiger partial charge in [-0.15, -0.1) is 0 Å². The lowest BCUT2D eigenvalue weighted by atomic mass is 10.2. The highest BCUT2D eigenvalue weighted by Gasteiger charge is 2.15. The van der Waals surface area contributed by atoms with E-state index in [0.29, 0.717) is 5.56 Å². The molecule has 7 nitrogen and oxygen atoms in total. The minimum absolute atomic E-state index is 0.153. The third-order valence-electron chi connectivity index (χ3n) is 2.62. The molecule has 0 saturated heterocycles. The molecule has 0 aliphatic rings. The van der Waals surface area contributed by atoms with E-state index in [0.717, 1.165) is 6.26 Å². The van der Waals surface area contributed by atoms with Crippen molar-refractivity contribution < 1.29 is 22.7 Å². The van der Waals surface area contributed by atoms with Crippen molar-refractivity contribution in [3.05, 3.63) is 29.8 Å². The van der Waals surface area contributed by atoms with Gasteiger partial charge >= 0.3 is 6.09 Å². The van der Waals surface area contributed by atoms with Gasteiger partial charge in [0.1, 0.15) is 5.60 Å². The molecule has 2 N–H and O–H groups in total. The Morgan fingerprint density at radius 3 is 2.04 bits per heavy atom. The first kappa shape index (κ1) is 19.0. The van der Waals surface area contributed by atoms with Gasteiger partial charge in [0.15, 0.2) is 9.84 Å². The topological polar surface area (TPSA) is 102 Å². The lowest BCUT2D eigenvalue weighted by molar-refractivity contribution is 0.0526. The van der Waals surface area contributed by atoms with Crippen LogP contribution in [0.1, 0.15) is 31.1 Å². The Kier molecular flexibility index (Phi) is 6.14. The van der Waals surface area contributed by atoms with Crippen LogP contribution in [-0.4, -0.2) is 45.4 Å². The van der Waals surface area contributed by atoms with Crippen molar-refractivity contribution in [1.82, 2.24) is 10.6 Å². The Morgan fingerprint density at radius 2 is 1.57 bits per heavy atom. The second kappa shape index (κ2) is 7.45. The molecule has 1 aromatic rings. The largest absolute Gasteiger partial charge is 0.444 e. The summed E-state index contributed by atoms with van der Waals surface area (Å²) in [6.45, 7) is 5.73. The summed E-state index contributed by atoms with van der Waals surface area (Å²) in [7, 11) is -3.28. The van der Waals surface area contributed by atoms with Crippen LogP contribution in [0.15, 0.2) is 29.2 Å². The highest BCUT2D eigenvalue weighted by Crippen LogP contribution is 2.10. The van der Waals surface area contributed by atoms with Gasteiger partial charge in [0.2, 0.25) is 0 Å². The molecule has 0 spiro atoms. The number of amides is 2. The molecule has 0 aliphatic carbocycles. The van der Waals surface area contributed by atoms with Crippen LogP contribution in [0.5, 0.6) is 0 Å². The zero-order chi connectivity index (χ0) is 17.7. The standard InChI is InChI=1S/C15H22N2O5S/c1-15(2,3)22-14(19)17-10-9-16-13(18)11-5-7-12(8-6-11)23(4,20)21/h5-8H,9-10H2,1-4H3,(H,16,18)(H,17,19). The number of sulfone groups is 1. The number of ether oxygens (including phenoxy) is 1. The molecule has 23 heavy (non-hydrogen) atoms. The number of carbonyl (C=O) groups is 2. The van der Waals surface area contributed by atoms with Gasteiger partial charge in [-0.05, 0) is 45.0 Å². The number of hydrogen-bond acceptors (Lipinski definition) is 5. The zero-order valence-electron chi connectivity index (χ0n) is 13.7. The van der Waals surface area contributed by atoms with Crippen LogP contribution in [0, 0.1) is 0 Å². The molecule has 128 valence electrons. The van der Waals surface area contributed by atoms with Gasteiger partial charge in [-0.3, -0.25) is 4.79 Å². The molecule has 0 heterocycles. The molecule has 2 amide bonds. The van der Waals surface area contributed by atoms with E-state index in [1.165, 1.54) is 24.3 Å². The Hall–Kier alpha value is -2.09. The number of hydrogen-bond donors (Lipinski definition) is 2. The average molecular weight is 342 g/mol. The highest BCUT2D eigenvalue weighted by molar-refractivity contribution is 7.90. The highest BCUT2D eigenvalue weighted by atomic mass is 32.2. The maximum atomic E-state index is 11.9. The molecule has 0 unspecified atom stereocenters. The maximum absolute atomic E-state index is 11.9. The molecule has 0 saturated carbocycles. The van der Waals surface area contributed by atoms with Crippen LogP contribution >= 0.6 is 0 Å². The monoisotopic (exact) mass is 342 g/mol. The van der Waals surface area contributed by atoms with E-state index < -0.39 is 21.5 Å². The molecule has 0 aromatic heterocycles. The van der Waals surface area contributed by atoms with Crippen molar-refractivity contribution in [3.63, 3.8) is 0 Å². The predicted octanol–water partition coefficient (Wildman–Crippen LogP) is 1.34. The van der Waals surface area contributed by atoms with E-state index in [-0.39, 0.29) is 23.9 Å². The van der Waals surface area contributed by atoms with Crippen molar-refractivity contribution in [1.29, 1.82) is 0 Å². The van der Waals surface area contributed by atoms with Crippen molar-refractivity contribution in [2.45, 2.75) is 31.3 Å². The smallest absolute Gasteiger partial charge is 0.407 e. The minimum atomic E-state index is -3.28. The van der Waals surface area contributed by atoms with Gasteiger partial charge < -0.3 is 15.4 Å². The SMILES string of the molecule is CC(C)(C)OC(=O)NCCNC(=O)c1ccc(S(C)(=O)=O)cc1. The van der Waals surface area contributed by atoms with Gasteiger partial charge in [-0.1, -0.05) is 0 Å². The van der Waals surface area contributed by atoms with Crippen LogP contribution in [0.4, 0.5) is 4.79 Å². The fourth-order valence-electron chi connectivity index (χ4n) is 1.61. The molecular formula is C15H22N2O5S. The van der Waals surface area contributed by atoms with E-state index in [1.807, 2.05) is 0 Å². The molecule has 0 atom stereocenters. The van der Waals surface area contributed by atoms with Gasteiger partial charge in [0, 0.05) is 24.9 Å². The van der Waals surface area contributed by atoms with Crippen molar-refractivity contribution in [2.24, 2.45) is 0 Å². The first-order valence-corrected chi connectivity index (χ1v) is 8.93. The Balaban J connectivity index is 2.41. The van der Waals surface area contributed by atoms with Crippen LogP contribution in [0.3, 0.4) is 0 Å². The molecular weight excluding hydrogens is 320 g/mol. The Labute approximate surface area is 136 Å². The van der Waals surface area contributed by atoms with Gasteiger partial charge in [-0.25, -0.2) is 13.2 Å². The first-order valence-electron chi connectivity index (χ1n) is 7.04.